The van der Waals surface area contributed by atoms with Gasteiger partial charge in [0.2, 0.25) is 0 Å². The molecule has 122 valence electrons. The zero-order valence-electron chi connectivity index (χ0n) is 13.4. The first-order chi connectivity index (χ1) is 11.7. The van der Waals surface area contributed by atoms with Gasteiger partial charge in [0, 0.05) is 5.69 Å². The Morgan fingerprint density at radius 1 is 0.958 bits per heavy atom. The lowest BCUT2D eigenvalue weighted by Gasteiger charge is -2.10. The van der Waals surface area contributed by atoms with Crippen molar-refractivity contribution in [2.45, 2.75) is 6.92 Å². The number of para-hydroxylation sites is 2. The molecule has 5 heteroatoms. The van der Waals surface area contributed by atoms with E-state index >= 15 is 0 Å². The van der Waals surface area contributed by atoms with Crippen molar-refractivity contribution in [2.75, 3.05) is 12.4 Å². The molecule has 3 rings (SSSR count). The lowest BCUT2D eigenvalue weighted by molar-refractivity contribution is 0.0995. The number of benzene rings is 2. The number of ether oxygens (including phenoxy) is 2. The molecule has 0 fully saturated rings. The number of hydrogen-bond donors (Lipinski definition) is 1. The molecule has 1 aromatic heterocycles. The zero-order valence-corrected chi connectivity index (χ0v) is 13.4. The number of rotatable bonds is 5. The van der Waals surface area contributed by atoms with Crippen molar-refractivity contribution < 1.29 is 18.7 Å². The van der Waals surface area contributed by atoms with E-state index in [-0.39, 0.29) is 11.7 Å². The predicted octanol–water partition coefficient (Wildman–Crippen LogP) is 4.64. The van der Waals surface area contributed by atoms with Crippen LogP contribution in [0.4, 0.5) is 5.69 Å². The summed E-state index contributed by atoms with van der Waals surface area (Å²) in [5.41, 5.74) is 0.654. The molecule has 3 aromatic rings. The highest BCUT2D eigenvalue weighted by atomic mass is 16.5. The van der Waals surface area contributed by atoms with E-state index in [0.717, 1.165) is 0 Å². The number of hydrogen-bond acceptors (Lipinski definition) is 4. The molecule has 0 radical (unpaired) electrons. The summed E-state index contributed by atoms with van der Waals surface area (Å²) in [5, 5.41) is 2.77. The number of carbonyl (C=O) groups excluding carboxylic acids is 1. The Hall–Kier alpha value is -3.21. The van der Waals surface area contributed by atoms with E-state index in [4.69, 9.17) is 13.9 Å². The van der Waals surface area contributed by atoms with Gasteiger partial charge in [0.15, 0.2) is 17.3 Å². The normalized spacial score (nSPS) is 10.2. The molecule has 0 saturated heterocycles. The second-order valence-electron chi connectivity index (χ2n) is 5.14. The molecule has 0 aliphatic carbocycles. The summed E-state index contributed by atoms with van der Waals surface area (Å²) < 4.78 is 16.3. The van der Waals surface area contributed by atoms with Crippen molar-refractivity contribution in [3.8, 4) is 17.2 Å². The van der Waals surface area contributed by atoms with Crippen molar-refractivity contribution in [1.29, 1.82) is 0 Å². The third kappa shape index (κ3) is 3.57. The molecule has 5 nitrogen and oxygen atoms in total. The van der Waals surface area contributed by atoms with Crippen LogP contribution in [0.25, 0.3) is 0 Å². The third-order valence-corrected chi connectivity index (χ3v) is 3.37. The Morgan fingerprint density at radius 3 is 2.29 bits per heavy atom. The Kier molecular flexibility index (Phi) is 4.52. The van der Waals surface area contributed by atoms with Crippen LogP contribution in [0.2, 0.25) is 0 Å². The maximum absolute atomic E-state index is 12.0. The maximum atomic E-state index is 12.0. The van der Waals surface area contributed by atoms with Crippen LogP contribution in [0, 0.1) is 6.92 Å². The van der Waals surface area contributed by atoms with E-state index < -0.39 is 0 Å². The standard InChI is InChI=1S/C19H17NO4/c1-13-7-12-18(23-13)19(21)20-14-8-10-15(11-9-14)24-17-6-4-3-5-16(17)22-2/h3-12H,1-2H3,(H,20,21). The summed E-state index contributed by atoms with van der Waals surface area (Å²) in [4.78, 5) is 12.0. The Bertz CT molecular complexity index is 837. The second-order valence-corrected chi connectivity index (χ2v) is 5.14. The molecule has 0 bridgehead atoms. The second kappa shape index (κ2) is 6.91. The van der Waals surface area contributed by atoms with E-state index in [0.29, 0.717) is 28.7 Å². The third-order valence-electron chi connectivity index (χ3n) is 3.37. The monoisotopic (exact) mass is 323 g/mol. The molecule has 1 heterocycles. The lowest BCUT2D eigenvalue weighted by Crippen LogP contribution is -2.10. The first-order valence-electron chi connectivity index (χ1n) is 7.44. The maximum Gasteiger partial charge on any atom is 0.291 e. The number of aryl methyl sites for hydroxylation is 1. The van der Waals surface area contributed by atoms with Crippen LogP contribution in [-0.2, 0) is 0 Å². The van der Waals surface area contributed by atoms with E-state index in [2.05, 4.69) is 5.32 Å². The number of furan rings is 1. The highest BCUT2D eigenvalue weighted by Gasteiger charge is 2.10. The van der Waals surface area contributed by atoms with Crippen LogP contribution in [0.5, 0.6) is 17.2 Å². The van der Waals surface area contributed by atoms with Gasteiger partial charge < -0.3 is 19.2 Å². The van der Waals surface area contributed by atoms with Crippen molar-refractivity contribution in [3.63, 3.8) is 0 Å². The average molecular weight is 323 g/mol. The smallest absolute Gasteiger partial charge is 0.291 e. The van der Waals surface area contributed by atoms with Gasteiger partial charge >= 0.3 is 0 Å². The van der Waals surface area contributed by atoms with Crippen LogP contribution in [0.15, 0.2) is 65.1 Å². The minimum absolute atomic E-state index is 0.279. The number of amides is 1. The van der Waals surface area contributed by atoms with Gasteiger partial charge in [0.25, 0.3) is 5.91 Å². The highest BCUT2D eigenvalue weighted by Crippen LogP contribution is 2.31. The Balaban J connectivity index is 1.68. The molecule has 0 aliphatic rings. The Morgan fingerprint density at radius 2 is 1.67 bits per heavy atom. The molecule has 0 saturated carbocycles. The fourth-order valence-electron chi connectivity index (χ4n) is 2.19. The van der Waals surface area contributed by atoms with Gasteiger partial charge in [-0.15, -0.1) is 0 Å². The van der Waals surface area contributed by atoms with Crippen LogP contribution >= 0.6 is 0 Å². The number of anilines is 1. The molecule has 1 N–H and O–H groups in total. The Labute approximate surface area is 139 Å². The van der Waals surface area contributed by atoms with E-state index in [1.54, 1.807) is 50.4 Å². The van der Waals surface area contributed by atoms with Gasteiger partial charge in [-0.05, 0) is 55.5 Å². The number of nitrogens with one attached hydrogen (secondary N) is 1. The van der Waals surface area contributed by atoms with Gasteiger partial charge in [-0.2, -0.15) is 0 Å². The van der Waals surface area contributed by atoms with Crippen LogP contribution in [-0.4, -0.2) is 13.0 Å². The molecular weight excluding hydrogens is 306 g/mol. The summed E-state index contributed by atoms with van der Waals surface area (Å²) >= 11 is 0. The highest BCUT2D eigenvalue weighted by molar-refractivity contribution is 6.02. The lowest BCUT2D eigenvalue weighted by atomic mass is 10.3. The number of methoxy groups -OCH3 is 1. The molecule has 0 atom stereocenters. The SMILES string of the molecule is COc1ccccc1Oc1ccc(NC(=O)c2ccc(C)o2)cc1. The molecule has 2 aromatic carbocycles. The first-order valence-corrected chi connectivity index (χ1v) is 7.44. The molecule has 0 aliphatic heterocycles. The topological polar surface area (TPSA) is 60.7 Å². The summed E-state index contributed by atoms with van der Waals surface area (Å²) in [7, 11) is 1.59. The summed E-state index contributed by atoms with van der Waals surface area (Å²) in [6.45, 7) is 1.79. The number of carbonyl (C=O) groups is 1. The average Bonchev–Trinajstić information content (AvgIpc) is 3.04. The predicted molar refractivity (Wildman–Crippen MR) is 90.9 cm³/mol. The summed E-state index contributed by atoms with van der Waals surface area (Å²) in [6.07, 6.45) is 0. The zero-order chi connectivity index (χ0) is 16.9. The van der Waals surface area contributed by atoms with Gasteiger partial charge in [0.05, 0.1) is 7.11 Å². The summed E-state index contributed by atoms with van der Waals surface area (Å²) in [5.74, 6) is 2.61. The fourth-order valence-corrected chi connectivity index (χ4v) is 2.19. The summed E-state index contributed by atoms with van der Waals surface area (Å²) in [6, 6.07) is 17.9. The van der Waals surface area contributed by atoms with Crippen molar-refractivity contribution in [2.24, 2.45) is 0 Å². The van der Waals surface area contributed by atoms with Crippen molar-refractivity contribution >= 4 is 11.6 Å². The van der Waals surface area contributed by atoms with E-state index in [1.807, 2.05) is 24.3 Å². The minimum Gasteiger partial charge on any atom is -0.493 e. The van der Waals surface area contributed by atoms with Crippen molar-refractivity contribution in [3.05, 3.63) is 72.2 Å². The van der Waals surface area contributed by atoms with Gasteiger partial charge in [0.1, 0.15) is 11.5 Å². The largest absolute Gasteiger partial charge is 0.493 e. The van der Waals surface area contributed by atoms with Gasteiger partial charge in [-0.3, -0.25) is 4.79 Å². The fraction of sp³-hybridized carbons (Fsp3) is 0.105. The minimum atomic E-state index is -0.290. The first kappa shape index (κ1) is 15.7. The van der Waals surface area contributed by atoms with Crippen LogP contribution in [0.3, 0.4) is 0 Å². The molecule has 0 unspecified atom stereocenters. The quantitative estimate of drug-likeness (QED) is 0.743. The van der Waals surface area contributed by atoms with E-state index in [1.165, 1.54) is 0 Å². The van der Waals surface area contributed by atoms with Gasteiger partial charge in [-0.25, -0.2) is 0 Å². The molecule has 0 spiro atoms. The van der Waals surface area contributed by atoms with Crippen LogP contribution in [0.1, 0.15) is 16.3 Å². The van der Waals surface area contributed by atoms with E-state index in [9.17, 15) is 4.79 Å². The molecular formula is C19H17NO4. The van der Waals surface area contributed by atoms with Gasteiger partial charge in [-0.1, -0.05) is 12.1 Å². The van der Waals surface area contributed by atoms with Crippen molar-refractivity contribution in [1.82, 2.24) is 0 Å². The molecule has 24 heavy (non-hydrogen) atoms. The van der Waals surface area contributed by atoms with Crippen LogP contribution < -0.4 is 14.8 Å². The molecule has 1 amide bonds.